The number of hydrogen-bond donors (Lipinski definition) is 1. The zero-order valence-corrected chi connectivity index (χ0v) is 16.9. The molecule has 2 heterocycles. The molecule has 0 bridgehead atoms. The van der Waals surface area contributed by atoms with Crippen LogP contribution in [-0.2, 0) is 18.9 Å². The lowest BCUT2D eigenvalue weighted by Gasteiger charge is -2.25. The number of likely N-dealkylation sites (tertiary alicyclic amines) is 1. The molecule has 1 saturated carbocycles. The van der Waals surface area contributed by atoms with Crippen LogP contribution in [0.2, 0.25) is 5.02 Å². The van der Waals surface area contributed by atoms with Crippen molar-refractivity contribution in [2.24, 2.45) is 18.0 Å². The molecule has 0 spiro atoms. The molecule has 1 saturated heterocycles. The molecule has 2 fully saturated rings. The van der Waals surface area contributed by atoms with Gasteiger partial charge in [-0.05, 0) is 54.9 Å². The highest BCUT2D eigenvalue weighted by atomic mass is 35.5. The Bertz CT molecular complexity index is 823. The fourth-order valence-corrected chi connectivity index (χ4v) is 4.41. The number of nitrogens with one attached hydrogen (secondary N) is 1. The smallest absolute Gasteiger partial charge is 0.193 e. The van der Waals surface area contributed by atoms with Gasteiger partial charge in [0.05, 0.1) is 6.20 Å². The van der Waals surface area contributed by atoms with E-state index in [-0.39, 0.29) is 5.41 Å². The summed E-state index contributed by atoms with van der Waals surface area (Å²) in [6.45, 7) is 3.04. The Kier molecular flexibility index (Phi) is 5.13. The Balaban J connectivity index is 1.33. The first kappa shape index (κ1) is 18.4. The Morgan fingerprint density at radius 3 is 2.93 bits per heavy atom. The topological polar surface area (TPSA) is 45.5 Å². The van der Waals surface area contributed by atoms with E-state index in [1.165, 1.54) is 30.4 Å². The van der Waals surface area contributed by atoms with Crippen molar-refractivity contribution in [1.82, 2.24) is 20.0 Å². The van der Waals surface area contributed by atoms with E-state index in [2.05, 4.69) is 44.7 Å². The Labute approximate surface area is 166 Å². The second-order valence-corrected chi connectivity index (χ2v) is 8.45. The highest BCUT2D eigenvalue weighted by molar-refractivity contribution is 6.30. The van der Waals surface area contributed by atoms with Gasteiger partial charge < -0.3 is 10.2 Å². The fraction of sp³-hybridized carbons (Fsp3) is 0.524. The predicted molar refractivity (Wildman–Crippen MR) is 110 cm³/mol. The molecule has 1 aliphatic heterocycles. The minimum Gasteiger partial charge on any atom is -0.355 e. The molecular formula is C21H28ClN5. The van der Waals surface area contributed by atoms with Gasteiger partial charge in [-0.1, -0.05) is 23.7 Å². The minimum atomic E-state index is 0.218. The number of rotatable bonds is 5. The number of guanidine groups is 1. The summed E-state index contributed by atoms with van der Waals surface area (Å²) in [7, 11) is 3.86. The molecule has 1 N–H and O–H groups in total. The number of aliphatic imine (C=N–C) groups is 1. The highest BCUT2D eigenvalue weighted by Gasteiger charge is 2.44. The van der Waals surface area contributed by atoms with Crippen molar-refractivity contribution in [2.45, 2.75) is 31.1 Å². The van der Waals surface area contributed by atoms with Crippen molar-refractivity contribution in [2.75, 3.05) is 26.7 Å². The van der Waals surface area contributed by atoms with Crippen LogP contribution < -0.4 is 5.32 Å². The van der Waals surface area contributed by atoms with E-state index in [9.17, 15) is 0 Å². The predicted octanol–water partition coefficient (Wildman–Crippen LogP) is 3.25. The lowest BCUT2D eigenvalue weighted by molar-refractivity contribution is 0.455. The number of benzene rings is 1. The van der Waals surface area contributed by atoms with E-state index in [4.69, 9.17) is 11.6 Å². The molecule has 0 radical (unpaired) electrons. The maximum absolute atomic E-state index is 6.20. The number of aryl methyl sites for hydroxylation is 1. The summed E-state index contributed by atoms with van der Waals surface area (Å²) in [5.41, 5.74) is 2.88. The summed E-state index contributed by atoms with van der Waals surface area (Å²) in [6, 6.07) is 8.30. The van der Waals surface area contributed by atoms with Crippen LogP contribution in [0, 0.1) is 5.92 Å². The van der Waals surface area contributed by atoms with Crippen molar-refractivity contribution in [1.29, 1.82) is 0 Å². The summed E-state index contributed by atoms with van der Waals surface area (Å²) < 4.78 is 1.88. The van der Waals surface area contributed by atoms with Crippen LogP contribution in [0.15, 0.2) is 41.7 Å². The number of aromatic nitrogens is 2. The van der Waals surface area contributed by atoms with Gasteiger partial charge in [-0.15, -0.1) is 0 Å². The van der Waals surface area contributed by atoms with Gasteiger partial charge in [0.15, 0.2) is 5.96 Å². The van der Waals surface area contributed by atoms with Gasteiger partial charge in [-0.25, -0.2) is 0 Å². The first-order valence-electron chi connectivity index (χ1n) is 9.77. The van der Waals surface area contributed by atoms with Gasteiger partial charge in [0.1, 0.15) is 0 Å². The minimum absolute atomic E-state index is 0.218. The highest BCUT2D eigenvalue weighted by Crippen LogP contribution is 2.48. The van der Waals surface area contributed by atoms with Crippen LogP contribution in [0.1, 0.15) is 30.4 Å². The van der Waals surface area contributed by atoms with E-state index in [1.807, 2.05) is 31.0 Å². The van der Waals surface area contributed by atoms with Crippen LogP contribution in [0.25, 0.3) is 0 Å². The van der Waals surface area contributed by atoms with Crippen LogP contribution in [0.3, 0.4) is 0 Å². The third-order valence-electron chi connectivity index (χ3n) is 5.96. The van der Waals surface area contributed by atoms with Crippen LogP contribution in [0.5, 0.6) is 0 Å². The van der Waals surface area contributed by atoms with Crippen molar-refractivity contribution >= 4 is 17.6 Å². The molecule has 2 aliphatic rings. The molecule has 1 unspecified atom stereocenters. The lowest BCUT2D eigenvalue weighted by Crippen LogP contribution is -2.43. The van der Waals surface area contributed by atoms with Gasteiger partial charge in [0.2, 0.25) is 0 Å². The fourth-order valence-electron chi connectivity index (χ4n) is 4.22. The van der Waals surface area contributed by atoms with Gasteiger partial charge >= 0.3 is 0 Å². The molecule has 144 valence electrons. The molecule has 2 aromatic rings. The standard InChI is InChI=1S/C21H28ClN5/c1-23-20(24-15-21(7-8-21)18-4-3-5-19(22)11-18)27-9-6-16(14-27)10-17-12-25-26(2)13-17/h3-5,11-13,16H,6-10,14-15H2,1-2H3,(H,23,24). The van der Waals surface area contributed by atoms with Crippen molar-refractivity contribution in [3.8, 4) is 0 Å². The summed E-state index contributed by atoms with van der Waals surface area (Å²) in [6.07, 6.45) is 8.82. The van der Waals surface area contributed by atoms with Gasteiger partial charge in [-0.3, -0.25) is 9.67 Å². The van der Waals surface area contributed by atoms with E-state index in [1.54, 1.807) is 0 Å². The van der Waals surface area contributed by atoms with E-state index < -0.39 is 0 Å². The third kappa shape index (κ3) is 4.13. The molecule has 1 aromatic heterocycles. The van der Waals surface area contributed by atoms with Crippen LogP contribution in [0.4, 0.5) is 0 Å². The van der Waals surface area contributed by atoms with Crippen molar-refractivity contribution in [3.63, 3.8) is 0 Å². The van der Waals surface area contributed by atoms with Crippen LogP contribution in [-0.4, -0.2) is 47.3 Å². The second kappa shape index (κ2) is 7.55. The number of hydrogen-bond acceptors (Lipinski definition) is 2. The zero-order chi connectivity index (χ0) is 18.9. The lowest BCUT2D eigenvalue weighted by atomic mass is 9.96. The Morgan fingerprint density at radius 2 is 2.26 bits per heavy atom. The molecule has 4 rings (SSSR count). The molecule has 27 heavy (non-hydrogen) atoms. The monoisotopic (exact) mass is 385 g/mol. The van der Waals surface area contributed by atoms with Gasteiger partial charge in [-0.2, -0.15) is 5.10 Å². The average Bonchev–Trinajstić information content (AvgIpc) is 3.13. The van der Waals surface area contributed by atoms with E-state index in [0.717, 1.165) is 37.0 Å². The number of nitrogens with zero attached hydrogens (tertiary/aromatic N) is 4. The SMILES string of the molecule is CN=C(NCC1(c2cccc(Cl)c2)CC1)N1CCC(Cc2cnn(C)c2)C1. The molecular weight excluding hydrogens is 358 g/mol. The molecule has 1 atom stereocenters. The van der Waals surface area contributed by atoms with E-state index in [0.29, 0.717) is 5.92 Å². The Hall–Kier alpha value is -2.01. The van der Waals surface area contributed by atoms with Gasteiger partial charge in [0, 0.05) is 50.4 Å². The molecule has 5 nitrogen and oxygen atoms in total. The van der Waals surface area contributed by atoms with Gasteiger partial charge in [0.25, 0.3) is 0 Å². The maximum atomic E-state index is 6.20. The second-order valence-electron chi connectivity index (χ2n) is 8.02. The summed E-state index contributed by atoms with van der Waals surface area (Å²) in [4.78, 5) is 6.94. The van der Waals surface area contributed by atoms with Crippen molar-refractivity contribution in [3.05, 3.63) is 52.8 Å². The summed E-state index contributed by atoms with van der Waals surface area (Å²) in [5, 5.41) is 8.74. The summed E-state index contributed by atoms with van der Waals surface area (Å²) in [5.74, 6) is 1.69. The quantitative estimate of drug-likeness (QED) is 0.634. The molecule has 6 heteroatoms. The zero-order valence-electron chi connectivity index (χ0n) is 16.2. The number of halogens is 1. The first-order valence-corrected chi connectivity index (χ1v) is 10.1. The first-order chi connectivity index (χ1) is 13.1. The average molecular weight is 386 g/mol. The van der Waals surface area contributed by atoms with E-state index >= 15 is 0 Å². The Morgan fingerprint density at radius 1 is 1.41 bits per heavy atom. The molecule has 0 amide bonds. The van der Waals surface area contributed by atoms with Crippen molar-refractivity contribution < 1.29 is 0 Å². The maximum Gasteiger partial charge on any atom is 0.193 e. The molecule has 1 aromatic carbocycles. The normalized spacial score (nSPS) is 21.5. The largest absolute Gasteiger partial charge is 0.355 e. The molecule has 1 aliphatic carbocycles. The summed E-state index contributed by atoms with van der Waals surface area (Å²) >= 11 is 6.20. The third-order valence-corrected chi connectivity index (χ3v) is 6.19. The van der Waals surface area contributed by atoms with Crippen LogP contribution >= 0.6 is 11.6 Å².